The van der Waals surface area contributed by atoms with Crippen molar-refractivity contribution in [1.82, 2.24) is 0 Å². The van der Waals surface area contributed by atoms with E-state index < -0.39 is 0 Å². The minimum atomic E-state index is -0.341. The highest BCUT2D eigenvalue weighted by Gasteiger charge is 2.61. The molecule has 1 heterocycles. The van der Waals surface area contributed by atoms with Crippen LogP contribution in [0.3, 0.4) is 0 Å². The lowest BCUT2D eigenvalue weighted by Crippen LogP contribution is -2.35. The van der Waals surface area contributed by atoms with Crippen molar-refractivity contribution in [2.45, 2.75) is 23.4 Å². The fraction of sp³-hybridized carbons (Fsp3) is 0.786. The van der Waals surface area contributed by atoms with Gasteiger partial charge in [0.25, 0.3) is 0 Å². The quantitative estimate of drug-likeness (QED) is 0.242. The van der Waals surface area contributed by atoms with Crippen LogP contribution >= 0.6 is 22.6 Å². The van der Waals surface area contributed by atoms with Crippen molar-refractivity contribution in [3.8, 4) is 0 Å². The van der Waals surface area contributed by atoms with Crippen LogP contribution in [0.1, 0.15) is 13.3 Å². The Kier molecular flexibility index (Phi) is 4.03. The molecule has 0 unspecified atom stereocenters. The van der Waals surface area contributed by atoms with Gasteiger partial charge < -0.3 is 14.2 Å². The highest BCUT2D eigenvalue weighted by molar-refractivity contribution is 14.1. The van der Waals surface area contributed by atoms with Gasteiger partial charge in [-0.15, -0.1) is 0 Å². The van der Waals surface area contributed by atoms with Crippen LogP contribution < -0.4 is 0 Å². The van der Waals surface area contributed by atoms with Gasteiger partial charge in [0.2, 0.25) is 0 Å². The maximum absolute atomic E-state index is 11.1. The van der Waals surface area contributed by atoms with Gasteiger partial charge in [0.1, 0.15) is 0 Å². The number of hydrogen-bond donors (Lipinski definition) is 0. The zero-order valence-electron chi connectivity index (χ0n) is 11.0. The van der Waals surface area contributed by atoms with Crippen LogP contribution in [-0.4, -0.2) is 35.8 Å². The topological polar surface area (TPSA) is 44.8 Å². The lowest BCUT2D eigenvalue weighted by atomic mass is 9.81. The number of rotatable bonds is 5. The highest BCUT2D eigenvalue weighted by atomic mass is 127. The third-order valence-electron chi connectivity index (χ3n) is 4.70. The van der Waals surface area contributed by atoms with Crippen molar-refractivity contribution in [2.75, 3.05) is 19.8 Å². The summed E-state index contributed by atoms with van der Waals surface area (Å²) in [5, 5.41) is 0. The van der Waals surface area contributed by atoms with Crippen molar-refractivity contribution in [3.63, 3.8) is 0 Å². The van der Waals surface area contributed by atoms with Crippen LogP contribution in [0, 0.1) is 23.7 Å². The first kappa shape index (κ1) is 13.7. The lowest BCUT2D eigenvalue weighted by molar-refractivity contribution is -0.137. The minimum absolute atomic E-state index is 0.341. The van der Waals surface area contributed by atoms with Gasteiger partial charge in [0, 0.05) is 9.84 Å². The number of carbonyl (C=O) groups excluding carboxylic acids is 1. The van der Waals surface area contributed by atoms with Gasteiger partial charge in [-0.25, -0.2) is 4.79 Å². The van der Waals surface area contributed by atoms with Gasteiger partial charge in [0.15, 0.2) is 0 Å². The van der Waals surface area contributed by atoms with Crippen LogP contribution in [0.2, 0.25) is 0 Å². The third kappa shape index (κ3) is 2.39. The molecule has 5 heteroatoms. The maximum Gasteiger partial charge on any atom is 0.333 e. The highest BCUT2D eigenvalue weighted by Crippen LogP contribution is 2.59. The van der Waals surface area contributed by atoms with E-state index in [4.69, 9.17) is 14.2 Å². The molecule has 2 saturated carbocycles. The van der Waals surface area contributed by atoms with Crippen molar-refractivity contribution in [3.05, 3.63) is 12.3 Å². The summed E-state index contributed by atoms with van der Waals surface area (Å²) in [6, 6.07) is 0. The molecule has 0 aromatic heterocycles. The number of esters is 1. The standard InChI is InChI=1S/C14H19IO4/c1-2-18-12(16)3-4-17-6-10-8-5-9-11(10)7-19-14(9)13(8)15/h3-4,8-11,13-14H,2,5-7H2,1H3/b4-3+/t8-,9+,10-,11+,13-,14-/m1/s1. The summed E-state index contributed by atoms with van der Waals surface area (Å²) in [6.07, 6.45) is 4.60. The van der Waals surface area contributed by atoms with E-state index >= 15 is 0 Å². The van der Waals surface area contributed by atoms with Crippen molar-refractivity contribution >= 4 is 28.6 Å². The predicted molar refractivity (Wildman–Crippen MR) is 77.9 cm³/mol. The number of ether oxygens (including phenoxy) is 3. The fourth-order valence-electron chi connectivity index (χ4n) is 3.92. The number of halogens is 1. The Bertz CT molecular complexity index is 384. The summed E-state index contributed by atoms with van der Waals surface area (Å²) < 4.78 is 16.9. The molecule has 0 aromatic rings. The first-order chi connectivity index (χ1) is 9.22. The van der Waals surface area contributed by atoms with E-state index in [9.17, 15) is 4.79 Å². The Morgan fingerprint density at radius 2 is 2.26 bits per heavy atom. The van der Waals surface area contributed by atoms with Crippen molar-refractivity contribution < 1.29 is 19.0 Å². The first-order valence-corrected chi connectivity index (χ1v) is 8.17. The maximum atomic E-state index is 11.1. The van der Waals surface area contributed by atoms with Crippen LogP contribution in [0.4, 0.5) is 0 Å². The normalized spacial score (nSPS) is 43.1. The molecule has 19 heavy (non-hydrogen) atoms. The molecule has 0 aromatic carbocycles. The summed E-state index contributed by atoms with van der Waals surface area (Å²) >= 11 is 2.54. The Hall–Kier alpha value is -0.300. The molecule has 1 aliphatic heterocycles. The van der Waals surface area contributed by atoms with E-state index in [2.05, 4.69) is 22.6 Å². The molecule has 0 amide bonds. The molecule has 4 nitrogen and oxygen atoms in total. The fourth-order valence-corrected chi connectivity index (χ4v) is 5.48. The van der Waals surface area contributed by atoms with Gasteiger partial charge in [0.05, 0.1) is 38.3 Å². The molecule has 6 atom stereocenters. The molecular weight excluding hydrogens is 359 g/mol. The second kappa shape index (κ2) is 5.60. The summed E-state index contributed by atoms with van der Waals surface area (Å²) in [5.41, 5.74) is 0. The Morgan fingerprint density at radius 3 is 3.05 bits per heavy atom. The first-order valence-electron chi connectivity index (χ1n) is 6.93. The number of alkyl halides is 1. The monoisotopic (exact) mass is 378 g/mol. The molecule has 2 aliphatic carbocycles. The summed E-state index contributed by atoms with van der Waals surface area (Å²) in [5.74, 6) is 2.37. The van der Waals surface area contributed by atoms with Gasteiger partial charge >= 0.3 is 5.97 Å². The summed E-state index contributed by atoms with van der Waals surface area (Å²) in [4.78, 5) is 11.1. The molecular formula is C14H19IO4. The minimum Gasteiger partial charge on any atom is -0.501 e. The molecule has 3 rings (SSSR count). The largest absolute Gasteiger partial charge is 0.501 e. The van der Waals surface area contributed by atoms with E-state index in [1.54, 1.807) is 6.92 Å². The van der Waals surface area contributed by atoms with Crippen LogP contribution in [0.25, 0.3) is 0 Å². The van der Waals surface area contributed by atoms with E-state index in [-0.39, 0.29) is 5.97 Å². The van der Waals surface area contributed by atoms with Crippen LogP contribution in [0.15, 0.2) is 12.3 Å². The Morgan fingerprint density at radius 1 is 1.42 bits per heavy atom. The average Bonchev–Trinajstić information content (AvgIpc) is 2.98. The van der Waals surface area contributed by atoms with Crippen LogP contribution in [0.5, 0.6) is 0 Å². The van der Waals surface area contributed by atoms with Gasteiger partial charge in [-0.1, -0.05) is 22.6 Å². The lowest BCUT2D eigenvalue weighted by Gasteiger charge is -2.29. The molecule has 106 valence electrons. The average molecular weight is 378 g/mol. The van der Waals surface area contributed by atoms with Crippen molar-refractivity contribution in [2.24, 2.45) is 23.7 Å². The summed E-state index contributed by atoms with van der Waals surface area (Å²) in [7, 11) is 0. The number of fused-ring (bicyclic) bond motifs is 1. The molecule has 0 radical (unpaired) electrons. The van der Waals surface area contributed by atoms with E-state index in [0.717, 1.165) is 18.4 Å². The smallest absolute Gasteiger partial charge is 0.333 e. The number of hydrogen-bond acceptors (Lipinski definition) is 4. The number of carbonyl (C=O) groups is 1. The predicted octanol–water partition coefficient (Wildman–Crippen LogP) is 2.16. The van der Waals surface area contributed by atoms with Gasteiger partial charge in [-0.05, 0) is 31.1 Å². The Labute approximate surface area is 127 Å². The molecule has 3 fully saturated rings. The van der Waals surface area contributed by atoms with Crippen LogP contribution in [-0.2, 0) is 19.0 Å². The van der Waals surface area contributed by atoms with Crippen molar-refractivity contribution in [1.29, 1.82) is 0 Å². The Balaban J connectivity index is 1.50. The second-order valence-electron chi connectivity index (χ2n) is 5.52. The van der Waals surface area contributed by atoms with E-state index in [1.165, 1.54) is 18.8 Å². The molecule has 0 spiro atoms. The van der Waals surface area contributed by atoms with Gasteiger partial charge in [-0.3, -0.25) is 0 Å². The van der Waals surface area contributed by atoms with E-state index in [1.807, 2.05) is 0 Å². The third-order valence-corrected chi connectivity index (χ3v) is 6.33. The van der Waals surface area contributed by atoms with E-state index in [0.29, 0.717) is 35.1 Å². The molecule has 3 aliphatic rings. The molecule has 2 bridgehead atoms. The SMILES string of the molecule is CCOC(=O)/C=C/OC[C@H]1[C@H]2CO[C@H]3[C@H](I)[C@@H]1C[C@@H]23. The zero-order chi connectivity index (χ0) is 13.4. The summed E-state index contributed by atoms with van der Waals surface area (Å²) in [6.45, 7) is 3.77. The molecule has 1 saturated heterocycles. The second-order valence-corrected chi connectivity index (χ2v) is 6.96. The van der Waals surface area contributed by atoms with Gasteiger partial charge in [-0.2, -0.15) is 0 Å². The molecule has 0 N–H and O–H groups in total. The zero-order valence-corrected chi connectivity index (χ0v) is 13.1.